The zero-order valence-corrected chi connectivity index (χ0v) is 11.4. The Morgan fingerprint density at radius 1 is 1.39 bits per heavy atom. The normalized spacial score (nSPS) is 10.4. The van der Waals surface area contributed by atoms with Crippen LogP contribution >= 0.6 is 0 Å². The minimum atomic E-state index is -0.417. The molecule has 0 amide bonds. The number of esters is 1. The molecule has 0 aliphatic rings. The molecule has 0 fully saturated rings. The molecule has 0 bridgehead atoms. The molecule has 0 radical (unpaired) electrons. The Bertz CT molecular complexity index is 423. The maximum absolute atomic E-state index is 11.3. The van der Waals surface area contributed by atoms with Gasteiger partial charge in [0.1, 0.15) is 5.75 Å². The third-order valence-corrected chi connectivity index (χ3v) is 2.88. The summed E-state index contributed by atoms with van der Waals surface area (Å²) in [7, 11) is 0. The van der Waals surface area contributed by atoms with Crippen LogP contribution in [-0.2, 0) is 11.3 Å². The lowest BCUT2D eigenvalue weighted by atomic mass is 10.1. The van der Waals surface area contributed by atoms with E-state index >= 15 is 0 Å². The number of carbonyl (C=O) groups excluding carboxylic acids is 1. The first-order valence-electron chi connectivity index (χ1n) is 6.26. The summed E-state index contributed by atoms with van der Waals surface area (Å²) in [5, 5.41) is 0. The lowest BCUT2D eigenvalue weighted by Crippen LogP contribution is -2.22. The number of aryl methyl sites for hydroxylation is 1. The molecule has 0 saturated carbocycles. The van der Waals surface area contributed by atoms with Crippen LogP contribution in [-0.4, -0.2) is 24.0 Å². The molecule has 0 heterocycles. The Balaban J connectivity index is 2.95. The highest BCUT2D eigenvalue weighted by molar-refractivity contribution is 5.83. The van der Waals surface area contributed by atoms with E-state index in [1.165, 1.54) is 6.08 Å². The van der Waals surface area contributed by atoms with Gasteiger partial charge in [-0.05, 0) is 26.1 Å². The molecule has 3 heteroatoms. The predicted molar refractivity (Wildman–Crippen MR) is 73.6 cm³/mol. The zero-order chi connectivity index (χ0) is 13.5. The first-order valence-corrected chi connectivity index (χ1v) is 6.26. The van der Waals surface area contributed by atoms with E-state index in [1.54, 1.807) is 0 Å². The van der Waals surface area contributed by atoms with Crippen LogP contribution in [0.5, 0.6) is 5.75 Å². The van der Waals surface area contributed by atoms with E-state index in [-0.39, 0.29) is 0 Å². The lowest BCUT2D eigenvalue weighted by Gasteiger charge is -2.20. The summed E-state index contributed by atoms with van der Waals surface area (Å²) < 4.78 is 5.26. The average molecular weight is 247 g/mol. The molecule has 0 spiro atoms. The van der Waals surface area contributed by atoms with E-state index < -0.39 is 5.97 Å². The second-order valence-electron chi connectivity index (χ2n) is 4.20. The van der Waals surface area contributed by atoms with Crippen molar-refractivity contribution in [3.05, 3.63) is 42.0 Å². The summed E-state index contributed by atoms with van der Waals surface area (Å²) in [5.74, 6) is 0.206. The molecule has 0 aliphatic carbocycles. The van der Waals surface area contributed by atoms with E-state index in [2.05, 4.69) is 31.4 Å². The number of rotatable bonds is 6. The van der Waals surface area contributed by atoms with Crippen molar-refractivity contribution in [1.82, 2.24) is 4.90 Å². The van der Waals surface area contributed by atoms with Crippen molar-refractivity contribution < 1.29 is 9.53 Å². The monoisotopic (exact) mass is 247 g/mol. The van der Waals surface area contributed by atoms with Gasteiger partial charge in [-0.1, -0.05) is 38.1 Å². The topological polar surface area (TPSA) is 29.5 Å². The van der Waals surface area contributed by atoms with Gasteiger partial charge in [-0.25, -0.2) is 4.79 Å². The standard InChI is InChI=1S/C15H21NO2/c1-5-15(17)18-14-9-8-12(4)10-13(14)11-16(6-2)7-3/h5,8-10H,1,6-7,11H2,2-4H3. The maximum atomic E-state index is 11.3. The van der Waals surface area contributed by atoms with Crippen molar-refractivity contribution in [2.45, 2.75) is 27.3 Å². The number of hydrogen-bond donors (Lipinski definition) is 0. The van der Waals surface area contributed by atoms with Crippen LogP contribution in [0.15, 0.2) is 30.9 Å². The van der Waals surface area contributed by atoms with Crippen molar-refractivity contribution in [3.8, 4) is 5.75 Å². The van der Waals surface area contributed by atoms with Crippen LogP contribution in [0.4, 0.5) is 0 Å². The lowest BCUT2D eigenvalue weighted by molar-refractivity contribution is -0.129. The number of nitrogens with zero attached hydrogens (tertiary/aromatic N) is 1. The van der Waals surface area contributed by atoms with Crippen molar-refractivity contribution in [3.63, 3.8) is 0 Å². The second-order valence-corrected chi connectivity index (χ2v) is 4.20. The first kappa shape index (κ1) is 14.5. The Hall–Kier alpha value is -1.61. The van der Waals surface area contributed by atoms with Crippen molar-refractivity contribution in [1.29, 1.82) is 0 Å². The smallest absolute Gasteiger partial charge is 0.335 e. The van der Waals surface area contributed by atoms with Crippen molar-refractivity contribution in [2.75, 3.05) is 13.1 Å². The molecule has 0 unspecified atom stereocenters. The highest BCUT2D eigenvalue weighted by Gasteiger charge is 2.10. The van der Waals surface area contributed by atoms with Gasteiger partial charge in [0.15, 0.2) is 0 Å². The van der Waals surface area contributed by atoms with Gasteiger partial charge in [0.05, 0.1) is 0 Å². The summed E-state index contributed by atoms with van der Waals surface area (Å²) in [6.45, 7) is 12.4. The molecular formula is C15H21NO2. The van der Waals surface area contributed by atoms with Gasteiger partial charge in [-0.3, -0.25) is 4.90 Å². The van der Waals surface area contributed by atoms with Gasteiger partial charge in [-0.2, -0.15) is 0 Å². The summed E-state index contributed by atoms with van der Waals surface area (Å²) in [6.07, 6.45) is 1.18. The summed E-state index contributed by atoms with van der Waals surface area (Å²) in [5.41, 5.74) is 2.20. The molecule has 18 heavy (non-hydrogen) atoms. The average Bonchev–Trinajstić information content (AvgIpc) is 2.38. The van der Waals surface area contributed by atoms with Gasteiger partial charge >= 0.3 is 5.97 Å². The second kappa shape index (κ2) is 6.97. The fraction of sp³-hybridized carbons (Fsp3) is 0.400. The Morgan fingerprint density at radius 2 is 2.06 bits per heavy atom. The van der Waals surface area contributed by atoms with Gasteiger partial charge in [0, 0.05) is 18.2 Å². The molecule has 1 rings (SSSR count). The fourth-order valence-corrected chi connectivity index (χ4v) is 1.77. The summed E-state index contributed by atoms with van der Waals surface area (Å²) >= 11 is 0. The third-order valence-electron chi connectivity index (χ3n) is 2.88. The maximum Gasteiger partial charge on any atom is 0.335 e. The molecule has 98 valence electrons. The molecule has 0 saturated heterocycles. The van der Waals surface area contributed by atoms with Gasteiger partial charge < -0.3 is 4.74 Å². The first-order chi connectivity index (χ1) is 8.60. The third kappa shape index (κ3) is 4.00. The molecule has 0 aliphatic heterocycles. The Morgan fingerprint density at radius 3 is 2.61 bits per heavy atom. The van der Waals surface area contributed by atoms with E-state index in [1.807, 2.05) is 19.1 Å². The molecule has 1 aromatic carbocycles. The molecule has 0 atom stereocenters. The summed E-state index contributed by atoms with van der Waals surface area (Å²) in [4.78, 5) is 13.6. The van der Waals surface area contributed by atoms with Gasteiger partial charge in [0.25, 0.3) is 0 Å². The minimum absolute atomic E-state index is 0.417. The number of benzene rings is 1. The van der Waals surface area contributed by atoms with Crippen LogP contribution < -0.4 is 4.74 Å². The van der Waals surface area contributed by atoms with Crippen LogP contribution in [0.1, 0.15) is 25.0 Å². The highest BCUT2D eigenvalue weighted by Crippen LogP contribution is 2.22. The Labute approximate surface area is 109 Å². The van der Waals surface area contributed by atoms with Crippen LogP contribution in [0.3, 0.4) is 0 Å². The van der Waals surface area contributed by atoms with Crippen LogP contribution in [0.2, 0.25) is 0 Å². The number of ether oxygens (including phenoxy) is 1. The molecular weight excluding hydrogens is 226 g/mol. The predicted octanol–water partition coefficient (Wildman–Crippen LogP) is 2.93. The zero-order valence-electron chi connectivity index (χ0n) is 11.4. The largest absolute Gasteiger partial charge is 0.423 e. The molecule has 0 aromatic heterocycles. The SMILES string of the molecule is C=CC(=O)Oc1ccc(C)cc1CN(CC)CC. The van der Waals surface area contributed by atoms with E-state index in [0.717, 1.165) is 30.8 Å². The number of hydrogen-bond acceptors (Lipinski definition) is 3. The van der Waals surface area contributed by atoms with Gasteiger partial charge in [-0.15, -0.1) is 0 Å². The highest BCUT2D eigenvalue weighted by atomic mass is 16.5. The molecule has 0 N–H and O–H groups in total. The van der Waals surface area contributed by atoms with Crippen molar-refractivity contribution in [2.24, 2.45) is 0 Å². The Kier molecular flexibility index (Phi) is 5.59. The summed E-state index contributed by atoms with van der Waals surface area (Å²) in [6, 6.07) is 5.84. The van der Waals surface area contributed by atoms with Crippen LogP contribution in [0.25, 0.3) is 0 Å². The number of carbonyl (C=O) groups is 1. The minimum Gasteiger partial charge on any atom is -0.423 e. The fourth-order valence-electron chi connectivity index (χ4n) is 1.77. The van der Waals surface area contributed by atoms with E-state index in [9.17, 15) is 4.79 Å². The van der Waals surface area contributed by atoms with E-state index in [4.69, 9.17) is 4.74 Å². The molecule has 1 aromatic rings. The van der Waals surface area contributed by atoms with Crippen LogP contribution in [0, 0.1) is 6.92 Å². The van der Waals surface area contributed by atoms with Crippen molar-refractivity contribution >= 4 is 5.97 Å². The van der Waals surface area contributed by atoms with E-state index in [0.29, 0.717) is 5.75 Å². The molecule has 3 nitrogen and oxygen atoms in total. The van der Waals surface area contributed by atoms with Gasteiger partial charge in [0.2, 0.25) is 0 Å². The quantitative estimate of drug-likeness (QED) is 0.440.